The Morgan fingerprint density at radius 2 is 2.35 bits per heavy atom. The number of ether oxygens (including phenoxy) is 2. The minimum absolute atomic E-state index is 0.267. The summed E-state index contributed by atoms with van der Waals surface area (Å²) in [7, 11) is 1.41. The average molecular weight is 237 g/mol. The predicted octanol–water partition coefficient (Wildman–Crippen LogP) is 2.07. The van der Waals surface area contributed by atoms with Gasteiger partial charge in [-0.1, -0.05) is 0 Å². The van der Waals surface area contributed by atoms with E-state index in [0.717, 1.165) is 37.4 Å². The van der Waals surface area contributed by atoms with Crippen molar-refractivity contribution < 1.29 is 14.3 Å². The predicted molar refractivity (Wildman–Crippen MR) is 64.2 cm³/mol. The van der Waals surface area contributed by atoms with Gasteiger partial charge in [-0.05, 0) is 32.8 Å². The molecule has 17 heavy (non-hydrogen) atoms. The van der Waals surface area contributed by atoms with Gasteiger partial charge in [0.05, 0.1) is 18.8 Å². The van der Waals surface area contributed by atoms with Crippen LogP contribution in [0.15, 0.2) is 6.07 Å². The molecule has 0 N–H and O–H groups in total. The second-order valence-electron chi connectivity index (χ2n) is 4.52. The standard InChI is InChI=1S/C13H19NO3/c1-9-7-12(13(15)16-3)10(2)14(9)8-11-5-4-6-17-11/h7,11H,4-6,8H2,1-3H3. The molecule has 1 aliphatic rings. The van der Waals surface area contributed by atoms with Crippen LogP contribution in [-0.2, 0) is 16.0 Å². The van der Waals surface area contributed by atoms with Crippen molar-refractivity contribution >= 4 is 5.97 Å². The topological polar surface area (TPSA) is 40.5 Å². The SMILES string of the molecule is COC(=O)c1cc(C)n(CC2CCCO2)c1C. The van der Waals surface area contributed by atoms with Crippen LogP contribution < -0.4 is 0 Å². The van der Waals surface area contributed by atoms with E-state index in [1.165, 1.54) is 7.11 Å². The lowest BCUT2D eigenvalue weighted by molar-refractivity contribution is 0.0599. The second kappa shape index (κ2) is 4.92. The van der Waals surface area contributed by atoms with Crippen LogP contribution in [0.1, 0.15) is 34.6 Å². The number of carbonyl (C=O) groups is 1. The number of carbonyl (C=O) groups excluding carboxylic acids is 1. The van der Waals surface area contributed by atoms with E-state index in [2.05, 4.69) is 4.57 Å². The summed E-state index contributed by atoms with van der Waals surface area (Å²) >= 11 is 0. The van der Waals surface area contributed by atoms with Gasteiger partial charge in [0.1, 0.15) is 0 Å². The van der Waals surface area contributed by atoms with Crippen LogP contribution in [0.3, 0.4) is 0 Å². The van der Waals surface area contributed by atoms with Crippen LogP contribution in [0.2, 0.25) is 0 Å². The lowest BCUT2D eigenvalue weighted by atomic mass is 10.2. The highest BCUT2D eigenvalue weighted by molar-refractivity contribution is 5.91. The molecule has 4 heteroatoms. The Labute approximate surface area is 102 Å². The van der Waals surface area contributed by atoms with Gasteiger partial charge >= 0.3 is 5.97 Å². The summed E-state index contributed by atoms with van der Waals surface area (Å²) in [6.45, 7) is 5.64. The molecule has 1 saturated heterocycles. The van der Waals surface area contributed by atoms with E-state index in [1.54, 1.807) is 0 Å². The molecule has 0 aromatic carbocycles. The van der Waals surface area contributed by atoms with Gasteiger partial charge in [-0.3, -0.25) is 0 Å². The fraction of sp³-hybridized carbons (Fsp3) is 0.615. The molecule has 4 nitrogen and oxygen atoms in total. The lowest BCUT2D eigenvalue weighted by Gasteiger charge is -2.14. The van der Waals surface area contributed by atoms with Gasteiger partial charge in [0, 0.05) is 24.5 Å². The molecule has 1 unspecified atom stereocenters. The Bertz CT molecular complexity index is 417. The van der Waals surface area contributed by atoms with E-state index in [-0.39, 0.29) is 12.1 Å². The second-order valence-corrected chi connectivity index (χ2v) is 4.52. The van der Waals surface area contributed by atoms with Crippen LogP contribution in [0.4, 0.5) is 0 Å². The zero-order valence-electron chi connectivity index (χ0n) is 10.7. The van der Waals surface area contributed by atoms with Gasteiger partial charge in [-0.2, -0.15) is 0 Å². The first-order valence-electron chi connectivity index (χ1n) is 6.00. The Kier molecular flexibility index (Phi) is 3.52. The molecule has 0 aliphatic carbocycles. The molecule has 0 spiro atoms. The summed E-state index contributed by atoms with van der Waals surface area (Å²) in [5.41, 5.74) is 2.70. The van der Waals surface area contributed by atoms with Crippen molar-refractivity contribution in [1.29, 1.82) is 0 Å². The van der Waals surface area contributed by atoms with Gasteiger partial charge in [0.25, 0.3) is 0 Å². The fourth-order valence-corrected chi connectivity index (χ4v) is 2.39. The number of esters is 1. The Morgan fingerprint density at radius 3 is 2.94 bits per heavy atom. The zero-order valence-corrected chi connectivity index (χ0v) is 10.7. The Balaban J connectivity index is 2.21. The summed E-state index contributed by atoms with van der Waals surface area (Å²) < 4.78 is 12.5. The molecule has 1 aliphatic heterocycles. The van der Waals surface area contributed by atoms with Crippen LogP contribution in [0, 0.1) is 13.8 Å². The van der Waals surface area contributed by atoms with Crippen molar-refractivity contribution in [2.75, 3.05) is 13.7 Å². The Morgan fingerprint density at radius 1 is 1.59 bits per heavy atom. The van der Waals surface area contributed by atoms with Gasteiger partial charge in [-0.25, -0.2) is 4.79 Å². The summed E-state index contributed by atoms with van der Waals surface area (Å²) in [6.07, 6.45) is 2.52. The van der Waals surface area contributed by atoms with E-state index in [1.807, 2.05) is 19.9 Å². The molecule has 2 rings (SSSR count). The first kappa shape index (κ1) is 12.2. The Hall–Kier alpha value is -1.29. The lowest BCUT2D eigenvalue weighted by Crippen LogP contribution is -2.17. The van der Waals surface area contributed by atoms with Crippen molar-refractivity contribution in [1.82, 2.24) is 4.57 Å². The third-order valence-electron chi connectivity index (χ3n) is 3.39. The molecular formula is C13H19NO3. The van der Waals surface area contributed by atoms with E-state index < -0.39 is 0 Å². The molecule has 1 aromatic rings. The van der Waals surface area contributed by atoms with Crippen LogP contribution in [-0.4, -0.2) is 30.4 Å². The van der Waals surface area contributed by atoms with Crippen molar-refractivity contribution in [3.8, 4) is 0 Å². The van der Waals surface area contributed by atoms with Crippen LogP contribution in [0.25, 0.3) is 0 Å². The molecule has 0 amide bonds. The third-order valence-corrected chi connectivity index (χ3v) is 3.39. The number of methoxy groups -OCH3 is 1. The van der Waals surface area contributed by atoms with E-state index in [9.17, 15) is 4.79 Å². The largest absolute Gasteiger partial charge is 0.465 e. The summed E-state index contributed by atoms with van der Waals surface area (Å²) in [4.78, 5) is 11.6. The number of hydrogen-bond donors (Lipinski definition) is 0. The highest BCUT2D eigenvalue weighted by Crippen LogP contribution is 2.20. The first-order chi connectivity index (χ1) is 8.13. The number of rotatable bonds is 3. The molecule has 1 aromatic heterocycles. The van der Waals surface area contributed by atoms with Crippen molar-refractivity contribution in [2.45, 2.75) is 39.3 Å². The summed E-state index contributed by atoms with van der Waals surface area (Å²) in [6, 6.07) is 1.89. The van der Waals surface area contributed by atoms with E-state index in [4.69, 9.17) is 9.47 Å². The zero-order chi connectivity index (χ0) is 12.4. The van der Waals surface area contributed by atoms with Crippen LogP contribution >= 0.6 is 0 Å². The molecule has 1 fully saturated rings. The molecule has 0 bridgehead atoms. The van der Waals surface area contributed by atoms with Crippen molar-refractivity contribution in [2.24, 2.45) is 0 Å². The van der Waals surface area contributed by atoms with Gasteiger partial charge in [0.2, 0.25) is 0 Å². The quantitative estimate of drug-likeness (QED) is 0.756. The monoisotopic (exact) mass is 237 g/mol. The molecular weight excluding hydrogens is 218 g/mol. The number of aromatic nitrogens is 1. The minimum atomic E-state index is -0.267. The number of nitrogens with zero attached hydrogens (tertiary/aromatic N) is 1. The normalized spacial score (nSPS) is 19.6. The summed E-state index contributed by atoms with van der Waals surface area (Å²) in [5.74, 6) is -0.267. The van der Waals surface area contributed by atoms with Crippen LogP contribution in [0.5, 0.6) is 0 Å². The molecule has 94 valence electrons. The third kappa shape index (κ3) is 2.36. The molecule has 2 heterocycles. The summed E-state index contributed by atoms with van der Waals surface area (Å²) in [5, 5.41) is 0. The maximum atomic E-state index is 11.6. The molecule has 0 saturated carbocycles. The van der Waals surface area contributed by atoms with E-state index in [0.29, 0.717) is 5.56 Å². The molecule has 1 atom stereocenters. The minimum Gasteiger partial charge on any atom is -0.465 e. The van der Waals surface area contributed by atoms with E-state index >= 15 is 0 Å². The fourth-order valence-electron chi connectivity index (χ4n) is 2.39. The number of hydrogen-bond acceptors (Lipinski definition) is 3. The highest BCUT2D eigenvalue weighted by atomic mass is 16.5. The first-order valence-corrected chi connectivity index (χ1v) is 6.00. The highest BCUT2D eigenvalue weighted by Gasteiger charge is 2.21. The van der Waals surface area contributed by atoms with Gasteiger partial charge < -0.3 is 14.0 Å². The maximum Gasteiger partial charge on any atom is 0.339 e. The number of aryl methyl sites for hydroxylation is 1. The maximum absolute atomic E-state index is 11.6. The van der Waals surface area contributed by atoms with Crippen molar-refractivity contribution in [3.05, 3.63) is 23.0 Å². The van der Waals surface area contributed by atoms with Gasteiger partial charge in [0.15, 0.2) is 0 Å². The smallest absolute Gasteiger partial charge is 0.339 e. The van der Waals surface area contributed by atoms with Gasteiger partial charge in [-0.15, -0.1) is 0 Å². The average Bonchev–Trinajstić information content (AvgIpc) is 2.91. The van der Waals surface area contributed by atoms with Crippen molar-refractivity contribution in [3.63, 3.8) is 0 Å². The molecule has 0 radical (unpaired) electrons.